The summed E-state index contributed by atoms with van der Waals surface area (Å²) in [7, 11) is -0.710. The highest BCUT2D eigenvalue weighted by Gasteiger charge is 2.42. The zero-order chi connectivity index (χ0) is 29.5. The van der Waals surface area contributed by atoms with E-state index < -0.39 is 26.3 Å². The van der Waals surface area contributed by atoms with Crippen molar-refractivity contribution in [3.05, 3.63) is 59.9 Å². The molecule has 214 valence electrons. The molecule has 1 atom stereocenters. The van der Waals surface area contributed by atoms with E-state index in [9.17, 15) is 13.2 Å². The fourth-order valence-corrected chi connectivity index (χ4v) is 6.13. The van der Waals surface area contributed by atoms with Crippen LogP contribution in [-0.4, -0.2) is 46.3 Å². The highest BCUT2D eigenvalue weighted by atomic mass is 35.5. The van der Waals surface area contributed by atoms with Crippen molar-refractivity contribution in [2.45, 2.75) is 64.7 Å². The predicted molar refractivity (Wildman–Crippen MR) is 153 cm³/mol. The van der Waals surface area contributed by atoms with Crippen LogP contribution >= 0.6 is 11.6 Å². The number of H-pyrrole nitrogens is 1. The molecule has 0 aliphatic heterocycles. The largest absolute Gasteiger partial charge is 0.495 e. The lowest BCUT2D eigenvalue weighted by Gasteiger charge is -2.38. The zero-order valence-electron chi connectivity index (χ0n) is 23.5. The van der Waals surface area contributed by atoms with Crippen LogP contribution in [-0.2, 0) is 17.1 Å². The lowest BCUT2D eigenvalue weighted by atomic mass is 9.97. The van der Waals surface area contributed by atoms with Gasteiger partial charge in [0, 0.05) is 34.6 Å². The van der Waals surface area contributed by atoms with Gasteiger partial charge in [0.15, 0.2) is 14.0 Å². The van der Waals surface area contributed by atoms with Crippen molar-refractivity contribution < 1.29 is 22.3 Å². The summed E-state index contributed by atoms with van der Waals surface area (Å²) in [5.74, 6) is 0.440. The quantitative estimate of drug-likeness (QED) is 0.209. The van der Waals surface area contributed by atoms with Gasteiger partial charge in [-0.3, -0.25) is 4.68 Å². The Labute approximate surface area is 237 Å². The lowest BCUT2D eigenvalue weighted by molar-refractivity contribution is -0.144. The Morgan fingerprint density at radius 1 is 1.10 bits per heavy atom. The number of hydrogen-bond donors (Lipinski definition) is 1. The van der Waals surface area contributed by atoms with Crippen molar-refractivity contribution in [3.63, 3.8) is 0 Å². The monoisotopic (exact) mass is 591 g/mol. The molecule has 0 unspecified atom stereocenters. The molecule has 4 aromatic rings. The second kappa shape index (κ2) is 11.0. The molecule has 40 heavy (non-hydrogen) atoms. The number of alkyl halides is 3. The van der Waals surface area contributed by atoms with Crippen LogP contribution in [0.2, 0.25) is 23.2 Å². The van der Waals surface area contributed by atoms with E-state index in [1.165, 1.54) is 25.8 Å². The summed E-state index contributed by atoms with van der Waals surface area (Å²) in [6.07, 6.45) is 0.556. The number of aromatic nitrogens is 5. The Morgan fingerprint density at radius 3 is 2.42 bits per heavy atom. The van der Waals surface area contributed by atoms with E-state index >= 15 is 0 Å². The molecule has 1 N–H and O–H groups in total. The van der Waals surface area contributed by atoms with Gasteiger partial charge in [0.25, 0.3) is 0 Å². The van der Waals surface area contributed by atoms with E-state index in [1.54, 1.807) is 37.4 Å². The molecule has 0 aliphatic carbocycles. The minimum Gasteiger partial charge on any atom is -0.495 e. The molecule has 0 radical (unpaired) electrons. The highest BCUT2D eigenvalue weighted by Crippen LogP contribution is 2.46. The Morgan fingerprint density at radius 2 is 1.82 bits per heavy atom. The third kappa shape index (κ3) is 5.82. The number of halogens is 4. The number of hydrogen-bond acceptors (Lipinski definition) is 5. The van der Waals surface area contributed by atoms with Gasteiger partial charge in [0.2, 0.25) is 0 Å². The smallest absolute Gasteiger partial charge is 0.433 e. The molecule has 0 bridgehead atoms. The molecule has 7 nitrogen and oxygen atoms in total. The number of nitrogens with zero attached hydrogens (tertiary/aromatic N) is 4. The summed E-state index contributed by atoms with van der Waals surface area (Å²) in [6.45, 7) is 12.1. The number of rotatable bonds is 8. The topological polar surface area (TPSA) is 77.8 Å². The number of nitrogens with one attached hydrogen (secondary N) is 1. The summed E-state index contributed by atoms with van der Waals surface area (Å²) in [5.41, 5.74) is 1.24. The molecule has 0 saturated heterocycles. The molecular weight excluding hydrogens is 559 g/mol. The number of aromatic amines is 1. The molecule has 3 aromatic heterocycles. The van der Waals surface area contributed by atoms with Crippen molar-refractivity contribution in [2.75, 3.05) is 7.11 Å². The van der Waals surface area contributed by atoms with Gasteiger partial charge in [-0.2, -0.15) is 18.3 Å². The molecule has 0 spiro atoms. The first-order valence-corrected chi connectivity index (χ1v) is 16.1. The molecular formula is C28H33ClF3N5O2Si. The first-order chi connectivity index (χ1) is 18.7. The van der Waals surface area contributed by atoms with Crippen LogP contribution in [0.4, 0.5) is 13.2 Å². The Balaban J connectivity index is 1.86. The summed E-state index contributed by atoms with van der Waals surface area (Å²) in [4.78, 5) is 11.4. The number of methoxy groups -OCH3 is 1. The summed E-state index contributed by atoms with van der Waals surface area (Å²) in [6, 6.07) is 6.88. The van der Waals surface area contributed by atoms with E-state index in [4.69, 9.17) is 20.8 Å². The van der Waals surface area contributed by atoms with Gasteiger partial charge < -0.3 is 14.1 Å². The third-order valence-electron chi connectivity index (χ3n) is 7.30. The number of ether oxygens (including phenoxy) is 1. The molecule has 4 rings (SSSR count). The van der Waals surface area contributed by atoms with E-state index in [1.807, 2.05) is 0 Å². The predicted octanol–water partition coefficient (Wildman–Crippen LogP) is 8.09. The Bertz CT molecular complexity index is 1480. The van der Waals surface area contributed by atoms with Crippen LogP contribution < -0.4 is 4.74 Å². The van der Waals surface area contributed by atoms with Crippen LogP contribution in [0, 0.1) is 0 Å². The van der Waals surface area contributed by atoms with E-state index in [2.05, 4.69) is 53.9 Å². The molecule has 12 heteroatoms. The van der Waals surface area contributed by atoms with Crippen LogP contribution in [0.25, 0.3) is 33.6 Å². The molecule has 3 heterocycles. The Kier molecular flexibility index (Phi) is 8.22. The van der Waals surface area contributed by atoms with Crippen LogP contribution in [0.1, 0.15) is 33.4 Å². The van der Waals surface area contributed by atoms with E-state index in [0.717, 1.165) is 4.68 Å². The average molecular weight is 592 g/mol. The molecule has 0 amide bonds. The van der Waals surface area contributed by atoms with Crippen molar-refractivity contribution in [1.82, 2.24) is 24.7 Å². The highest BCUT2D eigenvalue weighted by molar-refractivity contribution is 6.74. The molecule has 0 fully saturated rings. The first-order valence-electron chi connectivity index (χ1n) is 12.8. The normalized spacial score (nSPS) is 13.5. The lowest BCUT2D eigenvalue weighted by Crippen LogP contribution is -2.44. The van der Waals surface area contributed by atoms with Gasteiger partial charge in [-0.1, -0.05) is 44.5 Å². The van der Waals surface area contributed by atoms with Crippen LogP contribution in [0.3, 0.4) is 0 Å². The van der Waals surface area contributed by atoms with Crippen molar-refractivity contribution in [3.8, 4) is 39.4 Å². The van der Waals surface area contributed by atoms with Crippen molar-refractivity contribution in [2.24, 2.45) is 0 Å². The molecule has 1 aromatic carbocycles. The standard InChI is InChI=1S/C28H33ClF3N5O2Si/c1-17(39-40(6,7)27(2,3)4)15-37-26(28(30,31)32)20(14-36-37)25-23(21-11-12-33-16-35-21)19(13-34-25)18-9-8-10-22(38-5)24(18)29/h8-14,16-17,34H,15H2,1-7H3/t17-/m1/s1. The maximum Gasteiger partial charge on any atom is 0.433 e. The van der Waals surface area contributed by atoms with Crippen molar-refractivity contribution >= 4 is 19.9 Å². The minimum atomic E-state index is -4.69. The number of benzene rings is 1. The maximum atomic E-state index is 14.7. The van der Waals surface area contributed by atoms with E-state index in [-0.39, 0.29) is 22.8 Å². The van der Waals surface area contributed by atoms with Gasteiger partial charge in [0.1, 0.15) is 12.1 Å². The van der Waals surface area contributed by atoms with Gasteiger partial charge >= 0.3 is 6.18 Å². The van der Waals surface area contributed by atoms with Gasteiger partial charge in [0.05, 0.1) is 42.4 Å². The molecule has 0 aliphatic rings. The fourth-order valence-electron chi connectivity index (χ4n) is 4.40. The molecule has 0 saturated carbocycles. The fraction of sp³-hybridized carbons (Fsp3) is 0.393. The average Bonchev–Trinajstić information content (AvgIpc) is 3.48. The first kappa shape index (κ1) is 29.8. The van der Waals surface area contributed by atoms with Crippen LogP contribution in [0.5, 0.6) is 5.75 Å². The van der Waals surface area contributed by atoms with Gasteiger partial charge in [-0.05, 0) is 37.2 Å². The van der Waals surface area contributed by atoms with Gasteiger partial charge in [-0.25, -0.2) is 9.97 Å². The van der Waals surface area contributed by atoms with E-state index in [0.29, 0.717) is 33.2 Å². The Hall–Kier alpha value is -3.15. The third-order valence-corrected chi connectivity index (χ3v) is 12.3. The minimum absolute atomic E-state index is 0.0561. The van der Waals surface area contributed by atoms with Gasteiger partial charge in [-0.15, -0.1) is 0 Å². The van der Waals surface area contributed by atoms with Crippen LogP contribution in [0.15, 0.2) is 49.2 Å². The van der Waals surface area contributed by atoms with Crippen molar-refractivity contribution in [1.29, 1.82) is 0 Å². The summed E-state index contributed by atoms with van der Waals surface area (Å²) >= 11 is 6.63. The zero-order valence-corrected chi connectivity index (χ0v) is 25.3. The second-order valence-electron chi connectivity index (χ2n) is 11.1. The summed E-state index contributed by atoms with van der Waals surface area (Å²) < 4.78 is 56.7. The second-order valence-corrected chi connectivity index (χ2v) is 16.3. The summed E-state index contributed by atoms with van der Waals surface area (Å²) in [5, 5.41) is 4.43. The SMILES string of the molecule is COc1cccc(-c2c[nH]c(-c3cnn(C[C@@H](C)O[Si](C)(C)C(C)(C)C)c3C(F)(F)F)c2-c2ccncn2)c1Cl. The maximum absolute atomic E-state index is 14.7.